The SMILES string of the molecule is Cc1nc2ccc(Br)cc2c2c1C(=O)C(C)C2=O. The number of hydrogen-bond donors (Lipinski definition) is 0. The minimum atomic E-state index is -0.579. The van der Waals surface area contributed by atoms with Crippen molar-refractivity contribution in [1.29, 1.82) is 0 Å². The molecule has 4 heteroatoms. The van der Waals surface area contributed by atoms with Gasteiger partial charge in [-0.3, -0.25) is 14.6 Å². The number of benzene rings is 1. The van der Waals surface area contributed by atoms with Crippen LogP contribution in [0.3, 0.4) is 0 Å². The summed E-state index contributed by atoms with van der Waals surface area (Å²) in [5.41, 5.74) is 2.43. The first-order valence-corrected chi connectivity index (χ1v) is 6.48. The van der Waals surface area contributed by atoms with Gasteiger partial charge in [0, 0.05) is 21.1 Å². The van der Waals surface area contributed by atoms with Crippen LogP contribution in [-0.4, -0.2) is 16.6 Å². The number of hydrogen-bond acceptors (Lipinski definition) is 3. The Kier molecular flexibility index (Phi) is 2.38. The van der Waals surface area contributed by atoms with Gasteiger partial charge < -0.3 is 0 Å². The Hall–Kier alpha value is -1.55. The van der Waals surface area contributed by atoms with Crippen LogP contribution in [0.2, 0.25) is 0 Å². The number of carbonyl (C=O) groups excluding carboxylic acids is 2. The molecule has 1 aliphatic rings. The molecule has 0 bridgehead atoms. The Morgan fingerprint density at radius 3 is 2.56 bits per heavy atom. The molecule has 0 amide bonds. The highest BCUT2D eigenvalue weighted by Crippen LogP contribution is 2.34. The highest BCUT2D eigenvalue weighted by Gasteiger charge is 2.38. The maximum Gasteiger partial charge on any atom is 0.175 e. The number of nitrogens with zero attached hydrogens (tertiary/aromatic N) is 1. The van der Waals surface area contributed by atoms with Crippen LogP contribution in [0.15, 0.2) is 22.7 Å². The van der Waals surface area contributed by atoms with Gasteiger partial charge in [0.2, 0.25) is 0 Å². The van der Waals surface area contributed by atoms with Gasteiger partial charge in [-0.05, 0) is 32.0 Å². The molecular formula is C14H10BrNO2. The number of pyridine rings is 1. The summed E-state index contributed by atoms with van der Waals surface area (Å²) in [6, 6.07) is 5.59. The number of ketones is 2. The van der Waals surface area contributed by atoms with Crippen LogP contribution >= 0.6 is 15.9 Å². The van der Waals surface area contributed by atoms with Crippen LogP contribution in [0.4, 0.5) is 0 Å². The summed E-state index contributed by atoms with van der Waals surface area (Å²) < 4.78 is 0.877. The monoisotopic (exact) mass is 303 g/mol. The maximum absolute atomic E-state index is 12.2. The first-order chi connectivity index (χ1) is 8.50. The standard InChI is InChI=1S/C14H10BrNO2/c1-6-13(17)11-7(2)16-10-4-3-8(15)5-9(10)12(11)14(6)18/h3-6H,1-2H3. The third kappa shape index (κ3) is 1.38. The highest BCUT2D eigenvalue weighted by molar-refractivity contribution is 9.10. The van der Waals surface area contributed by atoms with Crippen LogP contribution in [-0.2, 0) is 0 Å². The molecule has 0 saturated carbocycles. The Labute approximate surface area is 112 Å². The van der Waals surface area contributed by atoms with E-state index in [-0.39, 0.29) is 11.6 Å². The van der Waals surface area contributed by atoms with Crippen molar-refractivity contribution in [2.24, 2.45) is 5.92 Å². The second kappa shape index (κ2) is 3.72. The molecule has 3 rings (SSSR count). The lowest BCUT2D eigenvalue weighted by Crippen LogP contribution is -2.10. The highest BCUT2D eigenvalue weighted by atomic mass is 79.9. The molecule has 1 aromatic heterocycles. The summed E-state index contributed by atoms with van der Waals surface area (Å²) in [7, 11) is 0. The number of halogens is 1. The average molecular weight is 304 g/mol. The topological polar surface area (TPSA) is 47.0 Å². The number of aromatic nitrogens is 1. The van der Waals surface area contributed by atoms with Gasteiger partial charge >= 0.3 is 0 Å². The molecule has 18 heavy (non-hydrogen) atoms. The van der Waals surface area contributed by atoms with Crippen LogP contribution in [0.1, 0.15) is 33.3 Å². The Morgan fingerprint density at radius 1 is 1.17 bits per heavy atom. The number of carbonyl (C=O) groups is 2. The van der Waals surface area contributed by atoms with Gasteiger partial charge in [-0.15, -0.1) is 0 Å². The molecule has 0 N–H and O–H groups in total. The first kappa shape index (κ1) is 11.5. The maximum atomic E-state index is 12.2. The molecule has 2 aromatic rings. The molecule has 1 aliphatic carbocycles. The zero-order chi connectivity index (χ0) is 13.0. The van der Waals surface area contributed by atoms with Crippen molar-refractivity contribution in [3.63, 3.8) is 0 Å². The van der Waals surface area contributed by atoms with Gasteiger partial charge in [-0.1, -0.05) is 15.9 Å². The fraction of sp³-hybridized carbons (Fsp3) is 0.214. The second-order valence-corrected chi connectivity index (χ2v) is 5.47. The summed E-state index contributed by atoms with van der Waals surface area (Å²) in [6.07, 6.45) is 0. The fourth-order valence-corrected chi connectivity index (χ4v) is 2.83. The zero-order valence-corrected chi connectivity index (χ0v) is 11.5. The van der Waals surface area contributed by atoms with Crippen molar-refractivity contribution in [3.05, 3.63) is 39.5 Å². The molecular weight excluding hydrogens is 294 g/mol. The predicted octanol–water partition coefficient (Wildman–Crippen LogP) is 3.32. The van der Waals surface area contributed by atoms with Crippen molar-refractivity contribution < 1.29 is 9.59 Å². The summed E-state index contributed by atoms with van der Waals surface area (Å²) in [5.74, 6) is -0.782. The minimum Gasteiger partial charge on any atom is -0.293 e. The lowest BCUT2D eigenvalue weighted by atomic mass is 10.0. The molecule has 1 aromatic carbocycles. The number of aryl methyl sites for hydroxylation is 1. The van der Waals surface area contributed by atoms with Crippen LogP contribution in [0.25, 0.3) is 10.9 Å². The van der Waals surface area contributed by atoms with Gasteiger partial charge in [0.1, 0.15) is 0 Å². The van der Waals surface area contributed by atoms with Crippen LogP contribution < -0.4 is 0 Å². The van der Waals surface area contributed by atoms with E-state index in [1.54, 1.807) is 13.8 Å². The van der Waals surface area contributed by atoms with E-state index < -0.39 is 5.92 Å². The Balaban J connectivity index is 2.51. The molecule has 3 nitrogen and oxygen atoms in total. The van der Waals surface area contributed by atoms with Crippen molar-refractivity contribution in [2.45, 2.75) is 13.8 Å². The second-order valence-electron chi connectivity index (χ2n) is 4.56. The van der Waals surface area contributed by atoms with Crippen molar-refractivity contribution in [2.75, 3.05) is 0 Å². The minimum absolute atomic E-state index is 0.0939. The van der Waals surface area contributed by atoms with Gasteiger partial charge in [-0.25, -0.2) is 0 Å². The van der Waals surface area contributed by atoms with E-state index in [1.807, 2.05) is 18.2 Å². The lowest BCUT2D eigenvalue weighted by molar-refractivity contribution is 0.0852. The molecule has 1 atom stereocenters. The van der Waals surface area contributed by atoms with E-state index in [1.165, 1.54) is 0 Å². The number of fused-ring (bicyclic) bond motifs is 3. The summed E-state index contributed by atoms with van der Waals surface area (Å²) in [5, 5.41) is 0.757. The number of Topliss-reactive ketones (excluding diaryl/α,β-unsaturated/α-hetero) is 2. The molecule has 90 valence electrons. The van der Waals surface area contributed by atoms with Gasteiger partial charge in [0.05, 0.1) is 17.0 Å². The Bertz CT molecular complexity index is 721. The fourth-order valence-electron chi connectivity index (χ4n) is 2.47. The van der Waals surface area contributed by atoms with Gasteiger partial charge in [0.25, 0.3) is 0 Å². The Morgan fingerprint density at radius 2 is 1.83 bits per heavy atom. The van der Waals surface area contributed by atoms with E-state index in [2.05, 4.69) is 20.9 Å². The summed E-state index contributed by atoms with van der Waals surface area (Å²) >= 11 is 3.39. The molecule has 1 unspecified atom stereocenters. The average Bonchev–Trinajstić information content (AvgIpc) is 2.56. The smallest absolute Gasteiger partial charge is 0.175 e. The quantitative estimate of drug-likeness (QED) is 0.701. The van der Waals surface area contributed by atoms with Gasteiger partial charge in [-0.2, -0.15) is 0 Å². The van der Waals surface area contributed by atoms with Crippen molar-refractivity contribution in [3.8, 4) is 0 Å². The number of rotatable bonds is 0. The van der Waals surface area contributed by atoms with Crippen molar-refractivity contribution >= 4 is 38.4 Å². The van der Waals surface area contributed by atoms with E-state index >= 15 is 0 Å². The molecule has 0 spiro atoms. The molecule has 0 radical (unpaired) electrons. The van der Waals surface area contributed by atoms with E-state index in [9.17, 15) is 9.59 Å². The zero-order valence-electron chi connectivity index (χ0n) is 9.95. The predicted molar refractivity (Wildman–Crippen MR) is 72.0 cm³/mol. The van der Waals surface area contributed by atoms with E-state index in [4.69, 9.17) is 0 Å². The summed E-state index contributed by atoms with van der Waals surface area (Å²) in [4.78, 5) is 28.7. The third-order valence-corrected chi connectivity index (χ3v) is 3.90. The van der Waals surface area contributed by atoms with E-state index in [0.29, 0.717) is 16.8 Å². The van der Waals surface area contributed by atoms with E-state index in [0.717, 1.165) is 15.4 Å². The summed E-state index contributed by atoms with van der Waals surface area (Å²) in [6.45, 7) is 3.44. The van der Waals surface area contributed by atoms with Crippen LogP contribution in [0, 0.1) is 12.8 Å². The van der Waals surface area contributed by atoms with Crippen molar-refractivity contribution in [1.82, 2.24) is 4.98 Å². The van der Waals surface area contributed by atoms with Gasteiger partial charge in [0.15, 0.2) is 11.6 Å². The molecule has 1 heterocycles. The largest absolute Gasteiger partial charge is 0.293 e. The first-order valence-electron chi connectivity index (χ1n) is 5.69. The normalized spacial score (nSPS) is 18.5. The lowest BCUT2D eigenvalue weighted by Gasteiger charge is -2.06. The molecule has 0 saturated heterocycles. The molecule has 0 aliphatic heterocycles. The molecule has 0 fully saturated rings. The van der Waals surface area contributed by atoms with Crippen LogP contribution in [0.5, 0.6) is 0 Å². The third-order valence-electron chi connectivity index (χ3n) is 3.41.